The molecule has 7 nitrogen and oxygen atoms in total. The SMILES string of the molecule is CN1CCCc2cc(N=Nc3ncccn3)c(NC(=O)C(F)(F)F)cc21. The fraction of sp³-hybridized carbons (Fsp3) is 0.312. The van der Waals surface area contributed by atoms with Gasteiger partial charge in [0.15, 0.2) is 0 Å². The summed E-state index contributed by atoms with van der Waals surface area (Å²) in [7, 11) is 1.84. The minimum atomic E-state index is -5.00. The third-order valence-corrected chi connectivity index (χ3v) is 3.85. The fourth-order valence-corrected chi connectivity index (χ4v) is 2.62. The summed E-state index contributed by atoms with van der Waals surface area (Å²) in [5.74, 6) is -2.00. The van der Waals surface area contributed by atoms with Gasteiger partial charge in [0.05, 0.1) is 5.69 Å². The molecule has 1 amide bonds. The molecule has 10 heteroatoms. The molecule has 0 saturated heterocycles. The van der Waals surface area contributed by atoms with Gasteiger partial charge in [-0.25, -0.2) is 9.97 Å². The summed E-state index contributed by atoms with van der Waals surface area (Å²) in [5, 5.41) is 9.65. The molecular formula is C16H15F3N6O. The van der Waals surface area contributed by atoms with Gasteiger partial charge in [0.1, 0.15) is 5.69 Å². The first-order valence-electron chi connectivity index (χ1n) is 7.79. The number of aromatic nitrogens is 2. The first-order valence-corrected chi connectivity index (χ1v) is 7.79. The lowest BCUT2D eigenvalue weighted by Crippen LogP contribution is -2.30. The standard InChI is InChI=1S/C16H15F3N6O/c1-25-7-2-4-10-8-12(23-24-15-20-5-3-6-21-15)11(9-13(10)25)22-14(26)16(17,18)19/h3,5-6,8-9H,2,4,7H2,1H3,(H,22,26). The van der Waals surface area contributed by atoms with Gasteiger partial charge in [0, 0.05) is 31.7 Å². The molecule has 0 radical (unpaired) electrons. The van der Waals surface area contributed by atoms with E-state index in [0.29, 0.717) is 0 Å². The molecule has 0 bridgehead atoms. The van der Waals surface area contributed by atoms with Gasteiger partial charge in [-0.15, -0.1) is 10.2 Å². The molecule has 1 aliphatic rings. The number of carbonyl (C=O) groups is 1. The van der Waals surface area contributed by atoms with Gasteiger partial charge in [0.25, 0.3) is 5.95 Å². The number of amides is 1. The second-order valence-corrected chi connectivity index (χ2v) is 5.72. The van der Waals surface area contributed by atoms with Crippen LogP contribution in [0.3, 0.4) is 0 Å². The number of carbonyl (C=O) groups excluding carboxylic acids is 1. The maximum absolute atomic E-state index is 12.6. The molecule has 26 heavy (non-hydrogen) atoms. The topological polar surface area (TPSA) is 82.8 Å². The van der Waals surface area contributed by atoms with Crippen LogP contribution in [-0.2, 0) is 11.2 Å². The van der Waals surface area contributed by atoms with Gasteiger partial charge < -0.3 is 10.2 Å². The number of hydrogen-bond acceptors (Lipinski definition) is 6. The number of nitrogens with one attached hydrogen (secondary N) is 1. The summed E-state index contributed by atoms with van der Waals surface area (Å²) in [6.07, 6.45) is -0.391. The molecule has 0 aliphatic carbocycles. The molecule has 0 atom stereocenters. The summed E-state index contributed by atoms with van der Waals surface area (Å²) >= 11 is 0. The average molecular weight is 364 g/mol. The highest BCUT2D eigenvalue weighted by Crippen LogP contribution is 2.37. The van der Waals surface area contributed by atoms with Gasteiger partial charge >= 0.3 is 12.1 Å². The predicted molar refractivity (Wildman–Crippen MR) is 88.9 cm³/mol. The molecule has 1 N–H and O–H groups in total. The third kappa shape index (κ3) is 3.95. The van der Waals surface area contributed by atoms with Crippen molar-refractivity contribution in [2.24, 2.45) is 10.2 Å². The second-order valence-electron chi connectivity index (χ2n) is 5.72. The van der Waals surface area contributed by atoms with Crippen molar-refractivity contribution < 1.29 is 18.0 Å². The number of rotatable bonds is 3. The Kier molecular flexibility index (Phi) is 4.83. The Morgan fingerprint density at radius 2 is 1.96 bits per heavy atom. The van der Waals surface area contributed by atoms with E-state index in [9.17, 15) is 18.0 Å². The summed E-state index contributed by atoms with van der Waals surface area (Å²) < 4.78 is 37.9. The largest absolute Gasteiger partial charge is 0.471 e. The minimum absolute atomic E-state index is 0.0652. The van der Waals surface area contributed by atoms with E-state index < -0.39 is 12.1 Å². The monoisotopic (exact) mass is 364 g/mol. The number of hydrogen-bond donors (Lipinski definition) is 1. The molecular weight excluding hydrogens is 349 g/mol. The van der Waals surface area contributed by atoms with E-state index in [-0.39, 0.29) is 17.3 Å². The highest BCUT2D eigenvalue weighted by molar-refractivity contribution is 5.98. The zero-order chi connectivity index (χ0) is 18.7. The summed E-state index contributed by atoms with van der Waals surface area (Å²) in [5.41, 5.74) is 1.72. The summed E-state index contributed by atoms with van der Waals surface area (Å²) in [6, 6.07) is 4.71. The van der Waals surface area contributed by atoms with Crippen molar-refractivity contribution >= 4 is 28.9 Å². The van der Waals surface area contributed by atoms with Crippen LogP contribution in [0, 0.1) is 0 Å². The number of anilines is 2. The van der Waals surface area contributed by atoms with Crippen molar-refractivity contribution in [1.29, 1.82) is 0 Å². The maximum atomic E-state index is 12.6. The fourth-order valence-electron chi connectivity index (χ4n) is 2.62. The van der Waals surface area contributed by atoms with Gasteiger partial charge in [-0.3, -0.25) is 4.79 Å². The number of halogens is 3. The maximum Gasteiger partial charge on any atom is 0.471 e. The smallest absolute Gasteiger partial charge is 0.374 e. The van der Waals surface area contributed by atoms with E-state index in [1.165, 1.54) is 18.5 Å². The summed E-state index contributed by atoms with van der Waals surface area (Å²) in [4.78, 5) is 21.0. The van der Waals surface area contributed by atoms with E-state index in [1.54, 1.807) is 12.1 Å². The van der Waals surface area contributed by atoms with Crippen LogP contribution in [-0.4, -0.2) is 35.6 Å². The van der Waals surface area contributed by atoms with Gasteiger partial charge in [-0.1, -0.05) is 0 Å². The first kappa shape index (κ1) is 17.8. The number of nitrogens with zero attached hydrogens (tertiary/aromatic N) is 5. The molecule has 1 aromatic heterocycles. The van der Waals surface area contributed by atoms with Crippen LogP contribution in [0.25, 0.3) is 0 Å². The van der Waals surface area contributed by atoms with Crippen LogP contribution in [0.5, 0.6) is 0 Å². The third-order valence-electron chi connectivity index (χ3n) is 3.85. The number of azo groups is 1. The van der Waals surface area contributed by atoms with Crippen molar-refractivity contribution in [3.05, 3.63) is 36.2 Å². The number of alkyl halides is 3. The lowest BCUT2D eigenvalue weighted by Gasteiger charge is -2.28. The van der Waals surface area contributed by atoms with Gasteiger partial charge in [-0.2, -0.15) is 13.2 Å². The number of fused-ring (bicyclic) bond motifs is 1. The lowest BCUT2D eigenvalue weighted by molar-refractivity contribution is -0.167. The van der Waals surface area contributed by atoms with Crippen LogP contribution >= 0.6 is 0 Å². The Labute approximate surface area is 147 Å². The molecule has 1 aromatic carbocycles. The van der Waals surface area contributed by atoms with Crippen molar-refractivity contribution in [3.63, 3.8) is 0 Å². The Hall–Kier alpha value is -3.04. The zero-order valence-electron chi connectivity index (χ0n) is 13.8. The molecule has 0 fully saturated rings. The van der Waals surface area contributed by atoms with E-state index >= 15 is 0 Å². The normalized spacial score (nSPS) is 14.4. The van der Waals surface area contributed by atoms with Crippen molar-refractivity contribution in [1.82, 2.24) is 9.97 Å². The quantitative estimate of drug-likeness (QED) is 0.841. The zero-order valence-corrected chi connectivity index (χ0v) is 13.8. The van der Waals surface area contributed by atoms with E-state index in [2.05, 4.69) is 20.2 Å². The molecule has 0 unspecified atom stereocenters. The van der Waals surface area contributed by atoms with E-state index in [4.69, 9.17) is 0 Å². The second kappa shape index (κ2) is 7.06. The molecule has 0 saturated carbocycles. The Balaban J connectivity index is 2.00. The van der Waals surface area contributed by atoms with Crippen LogP contribution in [0.4, 0.5) is 36.2 Å². The highest BCUT2D eigenvalue weighted by atomic mass is 19.4. The average Bonchev–Trinajstić information content (AvgIpc) is 2.60. The van der Waals surface area contributed by atoms with Crippen LogP contribution in [0.2, 0.25) is 0 Å². The van der Waals surface area contributed by atoms with Crippen LogP contribution in [0.15, 0.2) is 40.8 Å². The van der Waals surface area contributed by atoms with Crippen molar-refractivity contribution in [2.45, 2.75) is 19.0 Å². The number of benzene rings is 1. The summed E-state index contributed by atoms with van der Waals surface area (Å²) in [6.45, 7) is 0.776. The van der Waals surface area contributed by atoms with Crippen molar-refractivity contribution in [3.8, 4) is 0 Å². The Morgan fingerprint density at radius 3 is 2.65 bits per heavy atom. The molecule has 1 aliphatic heterocycles. The number of aryl methyl sites for hydroxylation is 1. The lowest BCUT2D eigenvalue weighted by atomic mass is 10.0. The first-order chi connectivity index (χ1) is 12.3. The molecule has 2 aromatic rings. The van der Waals surface area contributed by atoms with E-state index in [1.807, 2.05) is 17.3 Å². The molecule has 3 rings (SSSR count). The predicted octanol–water partition coefficient (Wildman–Crippen LogP) is 3.78. The van der Waals surface area contributed by atoms with Crippen molar-refractivity contribution in [2.75, 3.05) is 23.8 Å². The van der Waals surface area contributed by atoms with Gasteiger partial charge in [-0.05, 0) is 36.6 Å². The van der Waals surface area contributed by atoms with Crippen LogP contribution < -0.4 is 10.2 Å². The van der Waals surface area contributed by atoms with Crippen LogP contribution in [0.1, 0.15) is 12.0 Å². The highest BCUT2D eigenvalue weighted by Gasteiger charge is 2.39. The molecule has 0 spiro atoms. The molecule has 136 valence electrons. The van der Waals surface area contributed by atoms with Gasteiger partial charge in [0.2, 0.25) is 0 Å². The Morgan fingerprint density at radius 1 is 1.23 bits per heavy atom. The molecule has 2 heterocycles. The van der Waals surface area contributed by atoms with E-state index in [0.717, 1.165) is 30.6 Å². The Bertz CT molecular complexity index is 838. The minimum Gasteiger partial charge on any atom is -0.374 e.